The van der Waals surface area contributed by atoms with Gasteiger partial charge in [-0.15, -0.1) is 0 Å². The van der Waals surface area contributed by atoms with E-state index in [2.05, 4.69) is 15.6 Å². The quantitative estimate of drug-likeness (QED) is 0.550. The number of rotatable bonds is 6. The Morgan fingerprint density at radius 1 is 1.25 bits per heavy atom. The van der Waals surface area contributed by atoms with E-state index >= 15 is 0 Å². The van der Waals surface area contributed by atoms with Gasteiger partial charge in [0.15, 0.2) is 5.78 Å². The van der Waals surface area contributed by atoms with Crippen LogP contribution in [0.2, 0.25) is 0 Å². The van der Waals surface area contributed by atoms with E-state index in [1.165, 1.54) is 0 Å². The number of hydrogen-bond donors (Lipinski definition) is 4. The smallest absolute Gasteiger partial charge is 0.307 e. The third-order valence-corrected chi connectivity index (χ3v) is 4.73. The standard InChI is InChI=1S/C20H20N4O3S/c21-17-8-12(6-7-22-17)11-23-15-9-13(20(26)27)10-16(25)18(15)19(28)24-14-4-2-1-3-5-14/h1-8,13,23H,9-11H2,(H2,21,22)(H,24,28)(H,26,27). The van der Waals surface area contributed by atoms with Gasteiger partial charge in [-0.05, 0) is 29.8 Å². The molecule has 144 valence electrons. The second kappa shape index (κ2) is 8.62. The molecule has 0 radical (unpaired) electrons. The van der Waals surface area contributed by atoms with Crippen LogP contribution < -0.4 is 16.4 Å². The van der Waals surface area contributed by atoms with Crippen LogP contribution in [-0.2, 0) is 16.1 Å². The first-order valence-electron chi connectivity index (χ1n) is 8.74. The van der Waals surface area contributed by atoms with E-state index in [0.717, 1.165) is 11.3 Å². The Hall–Kier alpha value is -3.26. The van der Waals surface area contributed by atoms with Gasteiger partial charge in [-0.2, -0.15) is 0 Å². The van der Waals surface area contributed by atoms with Gasteiger partial charge in [0, 0.05) is 37.0 Å². The van der Waals surface area contributed by atoms with Crippen LogP contribution in [0.3, 0.4) is 0 Å². The number of carbonyl (C=O) groups is 2. The van der Waals surface area contributed by atoms with Gasteiger partial charge in [-0.25, -0.2) is 4.98 Å². The van der Waals surface area contributed by atoms with E-state index < -0.39 is 11.9 Å². The number of ketones is 1. The monoisotopic (exact) mass is 396 g/mol. The van der Waals surface area contributed by atoms with Gasteiger partial charge < -0.3 is 21.5 Å². The fourth-order valence-electron chi connectivity index (χ4n) is 3.04. The number of nitrogens with zero attached hydrogens (tertiary/aromatic N) is 1. The van der Waals surface area contributed by atoms with Crippen molar-refractivity contribution in [2.45, 2.75) is 19.4 Å². The maximum absolute atomic E-state index is 12.7. The van der Waals surface area contributed by atoms with Crippen LogP contribution in [0.4, 0.5) is 11.5 Å². The Balaban J connectivity index is 1.86. The number of carboxylic acid groups (broad SMARTS) is 1. The predicted molar refractivity (Wildman–Crippen MR) is 111 cm³/mol. The van der Waals surface area contributed by atoms with E-state index in [4.69, 9.17) is 18.0 Å². The molecule has 0 bridgehead atoms. The summed E-state index contributed by atoms with van der Waals surface area (Å²) in [5, 5.41) is 15.6. The number of benzene rings is 1. The zero-order valence-electron chi connectivity index (χ0n) is 15.0. The average molecular weight is 396 g/mol. The Kier molecular flexibility index (Phi) is 6.00. The van der Waals surface area contributed by atoms with E-state index in [9.17, 15) is 14.7 Å². The highest BCUT2D eigenvalue weighted by Crippen LogP contribution is 2.28. The maximum Gasteiger partial charge on any atom is 0.307 e. The summed E-state index contributed by atoms with van der Waals surface area (Å²) in [6, 6.07) is 12.8. The highest BCUT2D eigenvalue weighted by molar-refractivity contribution is 7.81. The average Bonchev–Trinajstić information content (AvgIpc) is 2.66. The molecule has 5 N–H and O–H groups in total. The van der Waals surface area contributed by atoms with E-state index in [0.29, 0.717) is 23.6 Å². The van der Waals surface area contributed by atoms with Crippen molar-refractivity contribution in [1.82, 2.24) is 10.3 Å². The van der Waals surface area contributed by atoms with Gasteiger partial charge in [0.1, 0.15) is 10.8 Å². The summed E-state index contributed by atoms with van der Waals surface area (Å²) >= 11 is 5.46. The maximum atomic E-state index is 12.7. The number of thiocarbonyl (C=S) groups is 1. The minimum atomic E-state index is -0.998. The molecule has 0 aliphatic heterocycles. The Morgan fingerprint density at radius 2 is 2.00 bits per heavy atom. The summed E-state index contributed by atoms with van der Waals surface area (Å²) < 4.78 is 0. The molecule has 0 spiro atoms. The highest BCUT2D eigenvalue weighted by atomic mass is 32.1. The molecule has 0 fully saturated rings. The van der Waals surface area contributed by atoms with Gasteiger partial charge in [0.25, 0.3) is 0 Å². The molecule has 2 aromatic rings. The largest absolute Gasteiger partial charge is 0.481 e. The lowest BCUT2D eigenvalue weighted by molar-refractivity contribution is -0.143. The molecule has 1 heterocycles. The number of pyridine rings is 1. The number of allylic oxidation sites excluding steroid dienone is 1. The first kappa shape index (κ1) is 19.5. The van der Waals surface area contributed by atoms with Crippen LogP contribution in [-0.4, -0.2) is 26.8 Å². The molecule has 1 aromatic carbocycles. The lowest BCUT2D eigenvalue weighted by atomic mass is 9.85. The summed E-state index contributed by atoms with van der Waals surface area (Å²) in [5.74, 6) is -1.68. The van der Waals surface area contributed by atoms with Crippen molar-refractivity contribution < 1.29 is 14.7 Å². The molecule has 28 heavy (non-hydrogen) atoms. The third-order valence-electron chi connectivity index (χ3n) is 4.42. The molecule has 1 aliphatic rings. The van der Waals surface area contributed by atoms with Crippen LogP contribution in [0.1, 0.15) is 18.4 Å². The van der Waals surface area contributed by atoms with E-state index in [1.807, 2.05) is 30.3 Å². The number of carboxylic acids is 1. The van der Waals surface area contributed by atoms with Crippen molar-refractivity contribution in [2.75, 3.05) is 11.1 Å². The van der Waals surface area contributed by atoms with Gasteiger partial charge in [-0.1, -0.05) is 30.4 Å². The lowest BCUT2D eigenvalue weighted by Crippen LogP contribution is -2.34. The molecule has 0 amide bonds. The number of aliphatic carboxylic acids is 1. The summed E-state index contributed by atoms with van der Waals surface area (Å²) in [7, 11) is 0. The van der Waals surface area contributed by atoms with Crippen molar-refractivity contribution >= 4 is 40.5 Å². The first-order chi connectivity index (χ1) is 13.4. The fraction of sp³-hybridized carbons (Fsp3) is 0.200. The molecular formula is C20H20N4O3S. The number of para-hydroxylation sites is 1. The van der Waals surface area contributed by atoms with Crippen LogP contribution in [0.15, 0.2) is 59.9 Å². The molecule has 1 aliphatic carbocycles. The van der Waals surface area contributed by atoms with Crippen LogP contribution >= 0.6 is 12.2 Å². The highest BCUT2D eigenvalue weighted by Gasteiger charge is 2.33. The summed E-state index contributed by atoms with van der Waals surface area (Å²) in [5.41, 5.74) is 8.18. The second-order valence-corrected chi connectivity index (χ2v) is 6.89. The van der Waals surface area contributed by atoms with Gasteiger partial charge in [-0.3, -0.25) is 9.59 Å². The number of nitrogens with one attached hydrogen (secondary N) is 2. The van der Waals surface area contributed by atoms with Gasteiger partial charge in [0.2, 0.25) is 0 Å². The van der Waals surface area contributed by atoms with Crippen molar-refractivity contribution in [2.24, 2.45) is 5.92 Å². The molecule has 8 heteroatoms. The molecular weight excluding hydrogens is 376 g/mol. The molecule has 3 rings (SSSR count). The minimum Gasteiger partial charge on any atom is -0.481 e. The van der Waals surface area contributed by atoms with E-state index in [1.54, 1.807) is 18.3 Å². The zero-order valence-corrected chi connectivity index (χ0v) is 15.8. The summed E-state index contributed by atoms with van der Waals surface area (Å²) in [4.78, 5) is 28.4. The van der Waals surface area contributed by atoms with E-state index in [-0.39, 0.29) is 23.6 Å². The number of carbonyl (C=O) groups excluding carboxylic acids is 1. The van der Waals surface area contributed by atoms with Crippen molar-refractivity contribution in [3.05, 3.63) is 65.5 Å². The normalized spacial score (nSPS) is 16.6. The predicted octanol–water partition coefficient (Wildman–Crippen LogP) is 2.51. The third kappa shape index (κ3) is 4.72. The molecule has 7 nitrogen and oxygen atoms in total. The van der Waals surface area contributed by atoms with Crippen LogP contribution in [0.25, 0.3) is 0 Å². The van der Waals surface area contributed by atoms with Crippen LogP contribution in [0, 0.1) is 5.92 Å². The van der Waals surface area contributed by atoms with Gasteiger partial charge in [0.05, 0.1) is 11.5 Å². The second-order valence-electron chi connectivity index (χ2n) is 6.48. The molecule has 0 saturated heterocycles. The van der Waals surface area contributed by atoms with Crippen molar-refractivity contribution in [3.8, 4) is 0 Å². The minimum absolute atomic E-state index is 0.0747. The fourth-order valence-corrected chi connectivity index (χ4v) is 3.40. The number of anilines is 2. The number of nitrogens with two attached hydrogens (primary N) is 1. The molecule has 1 atom stereocenters. The van der Waals surface area contributed by atoms with Crippen molar-refractivity contribution in [1.29, 1.82) is 0 Å². The first-order valence-corrected chi connectivity index (χ1v) is 9.14. The number of aromatic nitrogens is 1. The van der Waals surface area contributed by atoms with Crippen LogP contribution in [0.5, 0.6) is 0 Å². The Morgan fingerprint density at radius 3 is 2.68 bits per heavy atom. The van der Waals surface area contributed by atoms with Gasteiger partial charge >= 0.3 is 5.97 Å². The molecule has 1 unspecified atom stereocenters. The number of Topliss-reactive ketones (excluding diaryl/α,β-unsaturated/α-hetero) is 1. The lowest BCUT2D eigenvalue weighted by Gasteiger charge is -2.26. The van der Waals surface area contributed by atoms with Crippen molar-refractivity contribution in [3.63, 3.8) is 0 Å². The Labute approximate surface area is 167 Å². The molecule has 0 saturated carbocycles. The topological polar surface area (TPSA) is 117 Å². The summed E-state index contributed by atoms with van der Waals surface area (Å²) in [6.45, 7) is 0.374. The zero-order chi connectivity index (χ0) is 20.1. The number of hydrogen-bond acceptors (Lipinski definition) is 6. The summed E-state index contributed by atoms with van der Waals surface area (Å²) in [6.07, 6.45) is 1.72. The molecule has 1 aromatic heterocycles. The Bertz CT molecular complexity index is 943. The SMILES string of the molecule is Nc1cc(CNC2=C(C(=S)Nc3ccccc3)C(=O)CC(C(=O)O)C2)ccn1. The number of nitrogen functional groups attached to an aromatic ring is 1.